The molecule has 0 unspecified atom stereocenters. The Kier molecular flexibility index (Phi) is 5.52. The van der Waals surface area contributed by atoms with Crippen LogP contribution in [0.3, 0.4) is 0 Å². The standard InChI is InChI=1S/C14H20N2OS/c17-14(11-18-13-7-9-15-10-8-13)16-12-5-3-1-2-4-6-12/h7-10,12H,1-6,11H2,(H,16,17). The average Bonchev–Trinajstić information content (AvgIpc) is 2.66. The highest BCUT2D eigenvalue weighted by Gasteiger charge is 2.14. The number of nitrogens with zero attached hydrogens (tertiary/aromatic N) is 1. The Morgan fingerprint density at radius 3 is 2.56 bits per heavy atom. The molecule has 0 spiro atoms. The van der Waals surface area contributed by atoms with Gasteiger partial charge in [0, 0.05) is 23.3 Å². The van der Waals surface area contributed by atoms with Crippen molar-refractivity contribution >= 4 is 17.7 Å². The minimum absolute atomic E-state index is 0.156. The molecule has 0 radical (unpaired) electrons. The summed E-state index contributed by atoms with van der Waals surface area (Å²) in [4.78, 5) is 16.9. The summed E-state index contributed by atoms with van der Waals surface area (Å²) >= 11 is 1.57. The normalized spacial score (nSPS) is 17.1. The third-order valence-corrected chi connectivity index (χ3v) is 4.25. The fraction of sp³-hybridized carbons (Fsp3) is 0.571. The predicted molar refractivity (Wildman–Crippen MR) is 74.6 cm³/mol. The van der Waals surface area contributed by atoms with Crippen molar-refractivity contribution in [3.8, 4) is 0 Å². The molecular weight excluding hydrogens is 244 g/mol. The lowest BCUT2D eigenvalue weighted by Crippen LogP contribution is -2.35. The number of pyridine rings is 1. The number of thioether (sulfide) groups is 1. The third kappa shape index (κ3) is 4.69. The fourth-order valence-corrected chi connectivity index (χ4v) is 2.97. The van der Waals surface area contributed by atoms with Gasteiger partial charge in [-0.25, -0.2) is 0 Å². The van der Waals surface area contributed by atoms with E-state index in [1.54, 1.807) is 24.2 Å². The van der Waals surface area contributed by atoms with Gasteiger partial charge in [-0.2, -0.15) is 0 Å². The number of hydrogen-bond acceptors (Lipinski definition) is 3. The molecule has 1 heterocycles. The molecule has 1 aliphatic rings. The molecule has 0 aliphatic heterocycles. The number of carbonyl (C=O) groups is 1. The number of carbonyl (C=O) groups excluding carboxylic acids is 1. The lowest BCUT2D eigenvalue weighted by atomic mass is 10.1. The third-order valence-electron chi connectivity index (χ3n) is 3.24. The van der Waals surface area contributed by atoms with E-state index < -0.39 is 0 Å². The van der Waals surface area contributed by atoms with E-state index in [1.165, 1.54) is 25.7 Å². The summed E-state index contributed by atoms with van der Waals surface area (Å²) in [5.41, 5.74) is 0. The first-order valence-corrected chi connectivity index (χ1v) is 7.65. The van der Waals surface area contributed by atoms with Crippen LogP contribution < -0.4 is 5.32 Å². The highest BCUT2D eigenvalue weighted by Crippen LogP contribution is 2.18. The van der Waals surface area contributed by atoms with Crippen molar-refractivity contribution in [1.29, 1.82) is 0 Å². The van der Waals surface area contributed by atoms with Gasteiger partial charge in [0.1, 0.15) is 0 Å². The summed E-state index contributed by atoms with van der Waals surface area (Å²) in [5.74, 6) is 0.657. The molecule has 98 valence electrons. The van der Waals surface area contributed by atoms with Crippen LogP contribution in [0.25, 0.3) is 0 Å². The van der Waals surface area contributed by atoms with Crippen molar-refractivity contribution in [2.75, 3.05) is 5.75 Å². The van der Waals surface area contributed by atoms with Gasteiger partial charge in [0.05, 0.1) is 5.75 Å². The SMILES string of the molecule is O=C(CSc1ccncc1)NC1CCCCCC1. The first-order valence-electron chi connectivity index (χ1n) is 6.67. The maximum Gasteiger partial charge on any atom is 0.230 e. The van der Waals surface area contributed by atoms with Gasteiger partial charge in [0.2, 0.25) is 5.91 Å². The molecule has 1 saturated carbocycles. The van der Waals surface area contributed by atoms with Crippen LogP contribution in [0.5, 0.6) is 0 Å². The highest BCUT2D eigenvalue weighted by molar-refractivity contribution is 8.00. The van der Waals surface area contributed by atoms with Gasteiger partial charge in [-0.1, -0.05) is 25.7 Å². The molecule has 1 aromatic heterocycles. The molecular formula is C14H20N2OS. The van der Waals surface area contributed by atoms with Crippen LogP contribution >= 0.6 is 11.8 Å². The molecule has 0 saturated heterocycles. The van der Waals surface area contributed by atoms with Crippen molar-refractivity contribution in [3.63, 3.8) is 0 Å². The Labute approximate surface area is 113 Å². The minimum Gasteiger partial charge on any atom is -0.353 e. The quantitative estimate of drug-likeness (QED) is 0.671. The van der Waals surface area contributed by atoms with Crippen molar-refractivity contribution in [2.45, 2.75) is 49.5 Å². The van der Waals surface area contributed by atoms with Gasteiger partial charge >= 0.3 is 0 Å². The smallest absolute Gasteiger partial charge is 0.230 e. The van der Waals surface area contributed by atoms with Gasteiger partial charge < -0.3 is 5.32 Å². The number of nitrogens with one attached hydrogen (secondary N) is 1. The Balaban J connectivity index is 1.71. The Morgan fingerprint density at radius 1 is 1.22 bits per heavy atom. The van der Waals surface area contributed by atoms with Gasteiger partial charge in [-0.05, 0) is 25.0 Å². The van der Waals surface area contributed by atoms with Gasteiger partial charge in [-0.15, -0.1) is 11.8 Å². The van der Waals surface area contributed by atoms with Crippen molar-refractivity contribution in [1.82, 2.24) is 10.3 Å². The first-order chi connectivity index (χ1) is 8.84. The van der Waals surface area contributed by atoms with E-state index in [2.05, 4.69) is 10.3 Å². The van der Waals surface area contributed by atoms with Crippen molar-refractivity contribution in [2.24, 2.45) is 0 Å². The summed E-state index contributed by atoms with van der Waals surface area (Å²) < 4.78 is 0. The molecule has 1 aliphatic carbocycles. The lowest BCUT2D eigenvalue weighted by molar-refractivity contribution is -0.119. The maximum absolute atomic E-state index is 11.8. The number of rotatable bonds is 4. The molecule has 3 nitrogen and oxygen atoms in total. The molecule has 0 atom stereocenters. The van der Waals surface area contributed by atoms with Crippen LogP contribution in [0.15, 0.2) is 29.4 Å². The van der Waals surface area contributed by atoms with E-state index in [0.29, 0.717) is 11.8 Å². The van der Waals surface area contributed by atoms with E-state index >= 15 is 0 Å². The lowest BCUT2D eigenvalue weighted by Gasteiger charge is -2.15. The van der Waals surface area contributed by atoms with Crippen LogP contribution in [-0.4, -0.2) is 22.7 Å². The maximum atomic E-state index is 11.8. The van der Waals surface area contributed by atoms with Crippen LogP contribution in [0, 0.1) is 0 Å². The number of amides is 1. The Morgan fingerprint density at radius 2 is 1.89 bits per heavy atom. The predicted octanol–water partition coefficient (Wildman–Crippen LogP) is 3.01. The molecule has 1 aromatic rings. The van der Waals surface area contributed by atoms with Crippen LogP contribution in [-0.2, 0) is 4.79 Å². The average molecular weight is 264 g/mol. The summed E-state index contributed by atoms with van der Waals surface area (Å²) in [7, 11) is 0. The number of hydrogen-bond donors (Lipinski definition) is 1. The van der Waals surface area contributed by atoms with Gasteiger partial charge in [0.25, 0.3) is 0 Å². The molecule has 18 heavy (non-hydrogen) atoms. The monoisotopic (exact) mass is 264 g/mol. The molecule has 1 N–H and O–H groups in total. The molecule has 4 heteroatoms. The van der Waals surface area contributed by atoms with E-state index in [0.717, 1.165) is 17.7 Å². The molecule has 0 aromatic carbocycles. The summed E-state index contributed by atoms with van der Waals surface area (Å²) in [6.45, 7) is 0. The van der Waals surface area contributed by atoms with E-state index in [1.807, 2.05) is 12.1 Å². The number of aromatic nitrogens is 1. The summed E-state index contributed by atoms with van der Waals surface area (Å²) in [6, 6.07) is 4.27. The van der Waals surface area contributed by atoms with Crippen LogP contribution in [0.2, 0.25) is 0 Å². The van der Waals surface area contributed by atoms with Gasteiger partial charge in [0.15, 0.2) is 0 Å². The zero-order valence-electron chi connectivity index (χ0n) is 10.6. The second-order valence-corrected chi connectivity index (χ2v) is 5.78. The zero-order chi connectivity index (χ0) is 12.6. The van der Waals surface area contributed by atoms with Crippen LogP contribution in [0.1, 0.15) is 38.5 Å². The molecule has 2 rings (SSSR count). The summed E-state index contributed by atoms with van der Waals surface area (Å²) in [5, 5.41) is 3.15. The van der Waals surface area contributed by atoms with E-state index in [-0.39, 0.29) is 5.91 Å². The fourth-order valence-electron chi connectivity index (χ4n) is 2.28. The molecule has 1 amide bonds. The highest BCUT2D eigenvalue weighted by atomic mass is 32.2. The first kappa shape index (κ1) is 13.4. The van der Waals surface area contributed by atoms with E-state index in [4.69, 9.17) is 0 Å². The van der Waals surface area contributed by atoms with Crippen molar-refractivity contribution in [3.05, 3.63) is 24.5 Å². The topological polar surface area (TPSA) is 42.0 Å². The second-order valence-electron chi connectivity index (χ2n) is 4.73. The Hall–Kier alpha value is -1.03. The van der Waals surface area contributed by atoms with Crippen LogP contribution in [0.4, 0.5) is 0 Å². The Bertz CT molecular complexity index is 361. The molecule has 1 fully saturated rings. The van der Waals surface area contributed by atoms with Crippen molar-refractivity contribution < 1.29 is 4.79 Å². The zero-order valence-corrected chi connectivity index (χ0v) is 11.4. The molecule has 0 bridgehead atoms. The summed E-state index contributed by atoms with van der Waals surface area (Å²) in [6.07, 6.45) is 10.9. The van der Waals surface area contributed by atoms with Gasteiger partial charge in [-0.3, -0.25) is 9.78 Å². The second kappa shape index (κ2) is 7.41. The van der Waals surface area contributed by atoms with E-state index in [9.17, 15) is 4.79 Å². The largest absolute Gasteiger partial charge is 0.353 e. The minimum atomic E-state index is 0.156.